The summed E-state index contributed by atoms with van der Waals surface area (Å²) in [6.07, 6.45) is 11.0. The molecule has 0 radical (unpaired) electrons. The van der Waals surface area contributed by atoms with Crippen molar-refractivity contribution in [3.8, 4) is 11.1 Å². The molecule has 31 heavy (non-hydrogen) atoms. The Morgan fingerprint density at radius 3 is 2.81 bits per heavy atom. The third kappa shape index (κ3) is 2.89. The van der Waals surface area contributed by atoms with Gasteiger partial charge in [-0.1, -0.05) is 11.6 Å². The van der Waals surface area contributed by atoms with Gasteiger partial charge in [0, 0.05) is 62.7 Å². The quantitative estimate of drug-likeness (QED) is 0.504. The maximum atomic E-state index is 6.63. The molecule has 8 nitrogen and oxygen atoms in total. The molecule has 2 aliphatic heterocycles. The van der Waals surface area contributed by atoms with E-state index in [1.807, 2.05) is 31.7 Å². The van der Waals surface area contributed by atoms with Crippen molar-refractivity contribution in [3.63, 3.8) is 0 Å². The molecule has 160 valence electrons. The molecule has 0 aliphatic carbocycles. The number of aromatic amines is 1. The van der Waals surface area contributed by atoms with Crippen molar-refractivity contribution in [2.45, 2.75) is 19.3 Å². The molecule has 0 amide bonds. The van der Waals surface area contributed by atoms with Crippen molar-refractivity contribution in [2.75, 3.05) is 43.6 Å². The second kappa shape index (κ2) is 7.10. The standard InChI is InChI=1S/C22H24ClN7O/c1-24-19-17(23)14(2-6-25-19)15-12-27-18-16(15)20-26-7-10-30(20)21(28-18)29-8-3-22(4-9-29)5-11-31-13-22/h2,6-7,10,12,27H,3-5,8-9,11,13H2,1H3,(H,24,25). The highest BCUT2D eigenvalue weighted by Gasteiger charge is 2.38. The van der Waals surface area contributed by atoms with E-state index in [0.29, 0.717) is 16.3 Å². The summed E-state index contributed by atoms with van der Waals surface area (Å²) in [6, 6.07) is 1.92. The first-order chi connectivity index (χ1) is 15.2. The van der Waals surface area contributed by atoms with E-state index >= 15 is 0 Å². The summed E-state index contributed by atoms with van der Waals surface area (Å²) >= 11 is 6.63. The van der Waals surface area contributed by atoms with Crippen LogP contribution in [-0.2, 0) is 4.74 Å². The number of H-pyrrole nitrogens is 1. The summed E-state index contributed by atoms with van der Waals surface area (Å²) < 4.78 is 7.79. The fourth-order valence-corrected chi connectivity index (χ4v) is 5.33. The highest BCUT2D eigenvalue weighted by atomic mass is 35.5. The lowest BCUT2D eigenvalue weighted by Crippen LogP contribution is -2.41. The molecular weight excluding hydrogens is 414 g/mol. The van der Waals surface area contributed by atoms with Gasteiger partial charge in [0.05, 0.1) is 17.0 Å². The highest BCUT2D eigenvalue weighted by Crippen LogP contribution is 2.41. The number of anilines is 2. The second-order valence-electron chi connectivity index (χ2n) is 8.52. The lowest BCUT2D eigenvalue weighted by Gasteiger charge is -2.38. The van der Waals surface area contributed by atoms with Gasteiger partial charge in [0.2, 0.25) is 5.95 Å². The second-order valence-corrected chi connectivity index (χ2v) is 8.90. The van der Waals surface area contributed by atoms with E-state index in [-0.39, 0.29) is 0 Å². The van der Waals surface area contributed by atoms with Crippen LogP contribution in [0.1, 0.15) is 19.3 Å². The topological polar surface area (TPSA) is 83.4 Å². The Labute approximate surface area is 184 Å². The van der Waals surface area contributed by atoms with Crippen molar-refractivity contribution in [1.29, 1.82) is 0 Å². The molecule has 9 heteroatoms. The molecule has 2 fully saturated rings. The van der Waals surface area contributed by atoms with Crippen LogP contribution in [0.25, 0.3) is 27.8 Å². The van der Waals surface area contributed by atoms with Gasteiger partial charge >= 0.3 is 0 Å². The van der Waals surface area contributed by atoms with Gasteiger partial charge in [0.25, 0.3) is 0 Å². The molecule has 0 aromatic carbocycles. The zero-order valence-corrected chi connectivity index (χ0v) is 18.1. The summed E-state index contributed by atoms with van der Waals surface area (Å²) in [6.45, 7) is 3.75. The van der Waals surface area contributed by atoms with Gasteiger partial charge in [-0.25, -0.2) is 9.97 Å². The molecule has 2 saturated heterocycles. The van der Waals surface area contributed by atoms with Gasteiger partial charge in [-0.05, 0) is 30.7 Å². The minimum atomic E-state index is 0.359. The lowest BCUT2D eigenvalue weighted by atomic mass is 9.78. The molecule has 6 rings (SSSR count). The zero-order valence-electron chi connectivity index (χ0n) is 17.4. The number of hydrogen-bond acceptors (Lipinski definition) is 6. The Kier molecular flexibility index (Phi) is 4.33. The summed E-state index contributed by atoms with van der Waals surface area (Å²) in [5, 5.41) is 4.59. The number of nitrogens with zero attached hydrogens (tertiary/aromatic N) is 5. The molecule has 2 aliphatic rings. The Bertz CT molecular complexity index is 1260. The van der Waals surface area contributed by atoms with Crippen LogP contribution < -0.4 is 10.2 Å². The van der Waals surface area contributed by atoms with Gasteiger partial charge in [-0.3, -0.25) is 4.40 Å². The van der Waals surface area contributed by atoms with Crippen molar-refractivity contribution in [1.82, 2.24) is 24.3 Å². The number of piperidine rings is 1. The average Bonchev–Trinajstić information content (AvgIpc) is 3.53. The summed E-state index contributed by atoms with van der Waals surface area (Å²) in [5.74, 6) is 1.58. The number of nitrogens with one attached hydrogen (secondary N) is 2. The van der Waals surface area contributed by atoms with Gasteiger partial charge in [0.1, 0.15) is 11.5 Å². The monoisotopic (exact) mass is 437 g/mol. The number of fused-ring (bicyclic) bond motifs is 3. The van der Waals surface area contributed by atoms with E-state index in [9.17, 15) is 0 Å². The highest BCUT2D eigenvalue weighted by molar-refractivity contribution is 6.36. The number of hydrogen-bond donors (Lipinski definition) is 2. The van der Waals surface area contributed by atoms with Gasteiger partial charge in [0.15, 0.2) is 5.65 Å². The van der Waals surface area contributed by atoms with E-state index in [4.69, 9.17) is 21.3 Å². The average molecular weight is 438 g/mol. The molecule has 4 aromatic heterocycles. The predicted molar refractivity (Wildman–Crippen MR) is 122 cm³/mol. The first-order valence-electron chi connectivity index (χ1n) is 10.7. The summed E-state index contributed by atoms with van der Waals surface area (Å²) in [4.78, 5) is 19.7. The van der Waals surface area contributed by atoms with Crippen LogP contribution in [-0.4, -0.2) is 57.7 Å². The first-order valence-corrected chi connectivity index (χ1v) is 11.1. The van der Waals surface area contributed by atoms with Crippen LogP contribution in [0.2, 0.25) is 5.02 Å². The molecule has 0 bridgehead atoms. The smallest absolute Gasteiger partial charge is 0.213 e. The SMILES string of the molecule is CNc1nccc(-c2c[nH]c3nc(N4CCC5(CCOC5)CC4)n4ccnc4c23)c1Cl. The van der Waals surface area contributed by atoms with Crippen LogP contribution in [0.4, 0.5) is 11.8 Å². The number of ether oxygens (including phenoxy) is 1. The van der Waals surface area contributed by atoms with Crippen LogP contribution in [0.15, 0.2) is 30.9 Å². The number of imidazole rings is 1. The van der Waals surface area contributed by atoms with Gasteiger partial charge in [-0.2, -0.15) is 4.98 Å². The number of rotatable bonds is 3. The maximum Gasteiger partial charge on any atom is 0.213 e. The number of aromatic nitrogens is 5. The van der Waals surface area contributed by atoms with Crippen LogP contribution >= 0.6 is 11.6 Å². The number of halogens is 1. The largest absolute Gasteiger partial charge is 0.381 e. The van der Waals surface area contributed by atoms with Crippen molar-refractivity contribution < 1.29 is 4.74 Å². The molecule has 0 atom stereocenters. The Balaban J connectivity index is 1.45. The molecule has 4 aromatic rings. The third-order valence-corrected chi connectivity index (χ3v) is 7.24. The Hall–Kier alpha value is -2.84. The fourth-order valence-electron chi connectivity index (χ4n) is 5.02. The van der Waals surface area contributed by atoms with Gasteiger partial charge in [-0.15, -0.1) is 0 Å². The summed E-state index contributed by atoms with van der Waals surface area (Å²) in [7, 11) is 1.81. The number of pyridine rings is 1. The molecule has 6 heterocycles. The van der Waals surface area contributed by atoms with Crippen LogP contribution in [0.3, 0.4) is 0 Å². The van der Waals surface area contributed by atoms with E-state index in [2.05, 4.69) is 29.6 Å². The minimum absolute atomic E-state index is 0.359. The Morgan fingerprint density at radius 2 is 2.03 bits per heavy atom. The molecule has 0 unspecified atom stereocenters. The predicted octanol–water partition coefficient (Wildman–Crippen LogP) is 3.97. The third-order valence-electron chi connectivity index (χ3n) is 6.86. The molecule has 2 N–H and O–H groups in total. The fraction of sp³-hybridized carbons (Fsp3) is 0.409. The maximum absolute atomic E-state index is 6.63. The molecule has 1 spiro atoms. The van der Waals surface area contributed by atoms with Crippen LogP contribution in [0.5, 0.6) is 0 Å². The normalized spacial score (nSPS) is 18.5. The van der Waals surface area contributed by atoms with Crippen molar-refractivity contribution in [3.05, 3.63) is 35.9 Å². The van der Waals surface area contributed by atoms with Crippen molar-refractivity contribution >= 4 is 40.0 Å². The van der Waals surface area contributed by atoms with E-state index in [0.717, 1.165) is 72.9 Å². The van der Waals surface area contributed by atoms with E-state index in [1.54, 1.807) is 6.20 Å². The van der Waals surface area contributed by atoms with Gasteiger partial charge < -0.3 is 19.9 Å². The van der Waals surface area contributed by atoms with Crippen molar-refractivity contribution in [2.24, 2.45) is 5.41 Å². The van der Waals surface area contributed by atoms with E-state index < -0.39 is 0 Å². The molecule has 0 saturated carbocycles. The summed E-state index contributed by atoms with van der Waals surface area (Å²) in [5.41, 5.74) is 3.91. The zero-order chi connectivity index (χ0) is 21.0. The van der Waals surface area contributed by atoms with Crippen LogP contribution in [0, 0.1) is 5.41 Å². The lowest BCUT2D eigenvalue weighted by molar-refractivity contribution is 0.133. The van der Waals surface area contributed by atoms with E-state index in [1.165, 1.54) is 6.42 Å². The molecular formula is C22H24ClN7O. The Morgan fingerprint density at radius 1 is 1.16 bits per heavy atom. The first kappa shape index (κ1) is 18.9. The minimum Gasteiger partial charge on any atom is -0.381 e.